The minimum Gasteiger partial charge on any atom is -0.423 e. The van der Waals surface area contributed by atoms with Crippen LogP contribution in [0.3, 0.4) is 0 Å². The fraction of sp³-hybridized carbons (Fsp3) is 0.0714. The number of carbonyl (C=O) groups excluding carboxylic acids is 1. The standard InChI is InChI=1S/C14H14BNO3.3H2/c17-14(16-10-11-4-2-1-3-5-11)12-6-8-13(9-7-12)15(18)19;;;/h1-9,18-19H,10H2,(H,16,17);3*1H. The molecular weight excluding hydrogens is 241 g/mol. The molecule has 0 spiro atoms. The zero-order valence-electron chi connectivity index (χ0n) is 10.3. The summed E-state index contributed by atoms with van der Waals surface area (Å²) < 4.78 is 0. The molecule has 1 amide bonds. The topological polar surface area (TPSA) is 69.6 Å². The molecule has 0 unspecified atom stereocenters. The summed E-state index contributed by atoms with van der Waals surface area (Å²) in [5, 5.41) is 20.7. The second-order valence-corrected chi connectivity index (χ2v) is 4.16. The van der Waals surface area contributed by atoms with Gasteiger partial charge >= 0.3 is 7.12 Å². The van der Waals surface area contributed by atoms with Crippen molar-refractivity contribution in [2.45, 2.75) is 6.54 Å². The Kier molecular flexibility index (Phi) is 4.33. The van der Waals surface area contributed by atoms with E-state index in [9.17, 15) is 4.79 Å². The Hall–Kier alpha value is -2.11. The van der Waals surface area contributed by atoms with Crippen LogP contribution >= 0.6 is 0 Å². The highest BCUT2D eigenvalue weighted by Crippen LogP contribution is 2.01. The van der Waals surface area contributed by atoms with E-state index in [0.717, 1.165) is 5.56 Å². The van der Waals surface area contributed by atoms with Crippen molar-refractivity contribution in [3.05, 3.63) is 65.7 Å². The molecule has 102 valence electrons. The summed E-state index contributed by atoms with van der Waals surface area (Å²) >= 11 is 0. The zero-order chi connectivity index (χ0) is 13.7. The summed E-state index contributed by atoms with van der Waals surface area (Å²) in [6.07, 6.45) is 0. The number of amides is 1. The molecule has 0 bridgehead atoms. The molecule has 0 radical (unpaired) electrons. The van der Waals surface area contributed by atoms with Gasteiger partial charge in [-0.2, -0.15) is 0 Å². The number of hydrogen-bond acceptors (Lipinski definition) is 3. The Labute approximate surface area is 116 Å². The normalized spacial score (nSPS) is 10.0. The van der Waals surface area contributed by atoms with Gasteiger partial charge in [0.15, 0.2) is 0 Å². The molecule has 0 aliphatic carbocycles. The number of benzene rings is 2. The SMILES string of the molecule is O=C(NCc1ccccc1)c1ccc(B(O)O)cc1.[HH].[HH].[HH]. The Morgan fingerprint density at radius 1 is 1.05 bits per heavy atom. The minimum atomic E-state index is -1.51. The van der Waals surface area contributed by atoms with Crippen molar-refractivity contribution in [2.75, 3.05) is 0 Å². The van der Waals surface area contributed by atoms with Crippen LogP contribution in [0.5, 0.6) is 0 Å². The first-order valence-corrected chi connectivity index (χ1v) is 5.95. The molecule has 2 aromatic carbocycles. The Morgan fingerprint density at radius 3 is 2.26 bits per heavy atom. The first-order chi connectivity index (χ1) is 9.16. The van der Waals surface area contributed by atoms with Gasteiger partial charge in [0.2, 0.25) is 0 Å². The maximum atomic E-state index is 11.9. The molecule has 0 saturated carbocycles. The highest BCUT2D eigenvalue weighted by atomic mass is 16.4. The lowest BCUT2D eigenvalue weighted by molar-refractivity contribution is 0.0951. The summed E-state index contributed by atoms with van der Waals surface area (Å²) in [5.74, 6) is -0.192. The van der Waals surface area contributed by atoms with Crippen molar-refractivity contribution in [3.8, 4) is 0 Å². The van der Waals surface area contributed by atoms with Crippen LogP contribution in [0.4, 0.5) is 0 Å². The fourth-order valence-corrected chi connectivity index (χ4v) is 1.69. The maximum absolute atomic E-state index is 11.9. The predicted molar refractivity (Wildman–Crippen MR) is 80.2 cm³/mol. The summed E-state index contributed by atoms with van der Waals surface area (Å²) in [4.78, 5) is 11.9. The predicted octanol–water partition coefficient (Wildman–Crippen LogP) is 1.03. The van der Waals surface area contributed by atoms with Crippen molar-refractivity contribution in [1.82, 2.24) is 5.32 Å². The Bertz CT molecular complexity index is 553. The lowest BCUT2D eigenvalue weighted by Gasteiger charge is -2.06. The van der Waals surface area contributed by atoms with Crippen LogP contribution in [0, 0.1) is 0 Å². The first kappa shape index (κ1) is 13.3. The fourth-order valence-electron chi connectivity index (χ4n) is 1.69. The molecule has 0 aliphatic heterocycles. The molecule has 4 nitrogen and oxygen atoms in total. The molecule has 0 heterocycles. The van der Waals surface area contributed by atoms with Crippen molar-refractivity contribution in [2.24, 2.45) is 0 Å². The molecule has 0 atom stereocenters. The van der Waals surface area contributed by atoms with Gasteiger partial charge in [-0.3, -0.25) is 4.79 Å². The first-order valence-electron chi connectivity index (χ1n) is 5.95. The number of nitrogens with one attached hydrogen (secondary N) is 1. The van der Waals surface area contributed by atoms with E-state index in [2.05, 4.69) is 5.32 Å². The third kappa shape index (κ3) is 3.68. The summed E-state index contributed by atoms with van der Waals surface area (Å²) in [6, 6.07) is 15.8. The Balaban J connectivity index is 0. The van der Waals surface area contributed by atoms with Gasteiger partial charge in [-0.25, -0.2) is 0 Å². The van der Waals surface area contributed by atoms with Crippen LogP contribution in [-0.4, -0.2) is 23.1 Å². The maximum Gasteiger partial charge on any atom is 0.488 e. The van der Waals surface area contributed by atoms with Crippen LogP contribution < -0.4 is 10.8 Å². The molecule has 0 saturated heterocycles. The average molecular weight is 261 g/mol. The van der Waals surface area contributed by atoms with E-state index < -0.39 is 7.12 Å². The smallest absolute Gasteiger partial charge is 0.423 e. The molecule has 0 fully saturated rings. The quantitative estimate of drug-likeness (QED) is 0.720. The molecule has 2 rings (SSSR count). The van der Waals surface area contributed by atoms with Crippen LogP contribution in [0.2, 0.25) is 0 Å². The summed E-state index contributed by atoms with van der Waals surface area (Å²) in [6.45, 7) is 0.462. The average Bonchev–Trinajstić information content (AvgIpc) is 2.46. The molecule has 3 N–H and O–H groups in total. The third-order valence-electron chi connectivity index (χ3n) is 2.77. The van der Waals surface area contributed by atoms with Crippen LogP contribution in [0.25, 0.3) is 0 Å². The van der Waals surface area contributed by atoms with E-state index in [1.807, 2.05) is 30.3 Å². The second-order valence-electron chi connectivity index (χ2n) is 4.16. The molecule has 0 aromatic heterocycles. The van der Waals surface area contributed by atoms with Crippen LogP contribution in [-0.2, 0) is 6.54 Å². The number of carbonyl (C=O) groups is 1. The largest absolute Gasteiger partial charge is 0.488 e. The lowest BCUT2D eigenvalue weighted by atomic mass is 9.80. The monoisotopic (exact) mass is 261 g/mol. The van der Waals surface area contributed by atoms with Crippen LogP contribution in [0.1, 0.15) is 20.2 Å². The van der Waals surface area contributed by atoms with Crippen molar-refractivity contribution in [3.63, 3.8) is 0 Å². The van der Waals surface area contributed by atoms with Gasteiger partial charge in [-0.1, -0.05) is 42.5 Å². The van der Waals surface area contributed by atoms with Crippen molar-refractivity contribution in [1.29, 1.82) is 0 Å². The molecule has 2 aromatic rings. The summed E-state index contributed by atoms with van der Waals surface area (Å²) in [5.41, 5.74) is 1.87. The highest BCUT2D eigenvalue weighted by molar-refractivity contribution is 6.58. The molecular formula is C14H20BNO3. The van der Waals surface area contributed by atoms with Gasteiger partial charge in [-0.15, -0.1) is 0 Å². The minimum absolute atomic E-state index is 0. The van der Waals surface area contributed by atoms with E-state index in [4.69, 9.17) is 10.0 Å². The van der Waals surface area contributed by atoms with Gasteiger partial charge < -0.3 is 15.4 Å². The van der Waals surface area contributed by atoms with Crippen molar-refractivity contribution < 1.29 is 19.1 Å². The van der Waals surface area contributed by atoms with Crippen LogP contribution in [0.15, 0.2) is 54.6 Å². The van der Waals surface area contributed by atoms with Gasteiger partial charge in [-0.05, 0) is 23.2 Å². The van der Waals surface area contributed by atoms with E-state index in [1.165, 1.54) is 12.1 Å². The van der Waals surface area contributed by atoms with Crippen molar-refractivity contribution >= 4 is 18.5 Å². The number of rotatable bonds is 4. The van der Waals surface area contributed by atoms with Gasteiger partial charge in [0.05, 0.1) is 0 Å². The van der Waals surface area contributed by atoms with E-state index >= 15 is 0 Å². The van der Waals surface area contributed by atoms with E-state index in [0.29, 0.717) is 17.6 Å². The van der Waals surface area contributed by atoms with E-state index in [-0.39, 0.29) is 10.2 Å². The highest BCUT2D eigenvalue weighted by Gasteiger charge is 2.11. The second kappa shape index (κ2) is 6.18. The van der Waals surface area contributed by atoms with Gasteiger partial charge in [0, 0.05) is 16.4 Å². The molecule has 5 heteroatoms. The summed E-state index contributed by atoms with van der Waals surface area (Å²) in [7, 11) is -1.51. The lowest BCUT2D eigenvalue weighted by Crippen LogP contribution is -2.30. The molecule has 0 aliphatic rings. The zero-order valence-corrected chi connectivity index (χ0v) is 10.3. The third-order valence-corrected chi connectivity index (χ3v) is 2.77. The van der Waals surface area contributed by atoms with E-state index in [1.54, 1.807) is 12.1 Å². The number of hydrogen-bond donors (Lipinski definition) is 3. The molecule has 19 heavy (non-hydrogen) atoms. The van der Waals surface area contributed by atoms with Gasteiger partial charge in [0.25, 0.3) is 5.91 Å². The Morgan fingerprint density at radius 2 is 1.68 bits per heavy atom. The van der Waals surface area contributed by atoms with Gasteiger partial charge in [0.1, 0.15) is 0 Å².